The van der Waals surface area contributed by atoms with Gasteiger partial charge in [-0.3, -0.25) is 19.0 Å². The van der Waals surface area contributed by atoms with Crippen molar-refractivity contribution in [2.45, 2.75) is 58.4 Å². The van der Waals surface area contributed by atoms with Gasteiger partial charge in [0.25, 0.3) is 11.8 Å². The first kappa shape index (κ1) is 23.2. The molecular weight excluding hydrogens is 450 g/mol. The highest BCUT2D eigenvalue weighted by molar-refractivity contribution is 5.95. The number of nitrogens with zero attached hydrogens (tertiary/aromatic N) is 4. The van der Waals surface area contributed by atoms with Crippen molar-refractivity contribution in [3.05, 3.63) is 65.4 Å². The van der Waals surface area contributed by atoms with Gasteiger partial charge in [0.1, 0.15) is 17.0 Å². The second-order valence-corrected chi connectivity index (χ2v) is 11.5. The summed E-state index contributed by atoms with van der Waals surface area (Å²) in [4.78, 5) is 37.0. The maximum absolute atomic E-state index is 13.3. The average Bonchev–Trinajstić information content (AvgIpc) is 3.31. The van der Waals surface area contributed by atoms with Gasteiger partial charge in [0.2, 0.25) is 0 Å². The van der Waals surface area contributed by atoms with Gasteiger partial charge in [0.05, 0.1) is 12.2 Å². The Labute approximate surface area is 212 Å². The third-order valence-corrected chi connectivity index (χ3v) is 8.77. The molecule has 3 heterocycles. The van der Waals surface area contributed by atoms with Crippen LogP contribution in [0.5, 0.6) is 0 Å². The summed E-state index contributed by atoms with van der Waals surface area (Å²) in [6, 6.07) is 9.47. The van der Waals surface area contributed by atoms with Gasteiger partial charge < -0.3 is 10.2 Å². The van der Waals surface area contributed by atoms with E-state index in [4.69, 9.17) is 0 Å². The molecule has 3 aromatic heterocycles. The highest BCUT2D eigenvalue weighted by Crippen LogP contribution is 2.59. The number of fused-ring (bicyclic) bond motifs is 1. The average molecular weight is 486 g/mol. The van der Waals surface area contributed by atoms with E-state index in [1.807, 2.05) is 30.5 Å². The lowest BCUT2D eigenvalue weighted by molar-refractivity contribution is -0.0503. The van der Waals surface area contributed by atoms with E-state index in [2.05, 4.69) is 22.2 Å². The van der Waals surface area contributed by atoms with Crippen molar-refractivity contribution in [1.29, 1.82) is 0 Å². The molecule has 2 amide bonds. The van der Waals surface area contributed by atoms with E-state index in [0.717, 1.165) is 36.4 Å². The molecule has 4 aliphatic carbocycles. The summed E-state index contributed by atoms with van der Waals surface area (Å²) >= 11 is 0. The largest absolute Gasteiger partial charge is 0.350 e. The van der Waals surface area contributed by atoms with Gasteiger partial charge in [0.15, 0.2) is 0 Å². The van der Waals surface area contributed by atoms with Gasteiger partial charge in [-0.25, -0.2) is 4.98 Å². The number of aryl methyl sites for hydroxylation is 1. The highest BCUT2D eigenvalue weighted by Gasteiger charge is 2.50. The molecule has 0 spiro atoms. The minimum atomic E-state index is -0.194. The molecule has 188 valence electrons. The number of nitrogens with one attached hydrogen (secondary N) is 1. The predicted molar refractivity (Wildman–Crippen MR) is 138 cm³/mol. The number of rotatable bonds is 7. The zero-order valence-corrected chi connectivity index (χ0v) is 21.2. The third-order valence-electron chi connectivity index (χ3n) is 8.77. The van der Waals surface area contributed by atoms with Crippen molar-refractivity contribution in [1.82, 2.24) is 24.6 Å². The van der Waals surface area contributed by atoms with Gasteiger partial charge in [-0.1, -0.05) is 19.1 Å². The van der Waals surface area contributed by atoms with E-state index >= 15 is 0 Å². The number of carbonyl (C=O) groups is 2. The van der Waals surface area contributed by atoms with E-state index in [0.29, 0.717) is 23.6 Å². The number of hydrogen-bond donors (Lipinski definition) is 1. The summed E-state index contributed by atoms with van der Waals surface area (Å²) in [6.45, 7) is 3.24. The number of imidazole rings is 1. The Morgan fingerprint density at radius 2 is 1.81 bits per heavy atom. The maximum Gasteiger partial charge on any atom is 0.274 e. The number of hydrogen-bond acceptors (Lipinski definition) is 4. The fourth-order valence-corrected chi connectivity index (χ4v) is 7.43. The van der Waals surface area contributed by atoms with Crippen LogP contribution >= 0.6 is 0 Å². The van der Waals surface area contributed by atoms with Crippen LogP contribution in [-0.4, -0.2) is 44.7 Å². The van der Waals surface area contributed by atoms with E-state index in [9.17, 15) is 9.59 Å². The maximum atomic E-state index is 13.3. The first-order valence-electron chi connectivity index (χ1n) is 13.4. The molecule has 0 atom stereocenters. The van der Waals surface area contributed by atoms with Crippen molar-refractivity contribution in [2.24, 2.45) is 23.2 Å². The molecule has 1 N–H and O–H groups in total. The van der Waals surface area contributed by atoms with E-state index in [1.165, 1.54) is 44.1 Å². The zero-order chi connectivity index (χ0) is 24.9. The van der Waals surface area contributed by atoms with Crippen LogP contribution in [-0.2, 0) is 13.0 Å². The number of amides is 2. The van der Waals surface area contributed by atoms with E-state index < -0.39 is 0 Å². The molecule has 7 heteroatoms. The van der Waals surface area contributed by atoms with Gasteiger partial charge in [-0.05, 0) is 91.9 Å². The standard InChI is InChI=1S/C29H35N5O2/c1-3-19-7-8-23(30-15-19)16-33(2)28(36)24-17-34-25(5-4-6-26(34)32-24)27(35)31-18-29-12-20-9-21(13-29)11-22(10-20)14-29/h4-8,15,17,20-22H,3,9-14,16,18H2,1-2H3,(H,31,35). The molecule has 4 aliphatic rings. The van der Waals surface area contributed by atoms with E-state index in [-0.39, 0.29) is 17.2 Å². The summed E-state index contributed by atoms with van der Waals surface area (Å²) in [7, 11) is 1.75. The molecule has 4 saturated carbocycles. The van der Waals surface area contributed by atoms with Gasteiger partial charge >= 0.3 is 0 Å². The fraction of sp³-hybridized carbons (Fsp3) is 0.517. The second kappa shape index (κ2) is 9.02. The quantitative estimate of drug-likeness (QED) is 0.534. The Kier molecular flexibility index (Phi) is 5.81. The van der Waals surface area contributed by atoms with Crippen LogP contribution in [0.2, 0.25) is 0 Å². The Morgan fingerprint density at radius 1 is 1.08 bits per heavy atom. The van der Waals surface area contributed by atoms with Crippen LogP contribution in [0.15, 0.2) is 42.7 Å². The first-order chi connectivity index (χ1) is 17.4. The highest BCUT2D eigenvalue weighted by atomic mass is 16.2. The molecule has 3 aromatic rings. The molecule has 0 unspecified atom stereocenters. The van der Waals surface area contributed by atoms with Crippen molar-refractivity contribution in [2.75, 3.05) is 13.6 Å². The summed E-state index contributed by atoms with van der Waals surface area (Å²) < 4.78 is 1.74. The van der Waals surface area contributed by atoms with Crippen molar-refractivity contribution in [3.8, 4) is 0 Å². The lowest BCUT2D eigenvalue weighted by Crippen LogP contribution is -2.51. The molecule has 0 aliphatic heterocycles. The zero-order valence-electron chi connectivity index (χ0n) is 21.2. The van der Waals surface area contributed by atoms with Gasteiger partial charge in [0, 0.05) is 26.0 Å². The van der Waals surface area contributed by atoms with Crippen LogP contribution in [0.3, 0.4) is 0 Å². The van der Waals surface area contributed by atoms with Crippen molar-refractivity contribution in [3.63, 3.8) is 0 Å². The van der Waals surface area contributed by atoms with Gasteiger partial charge in [-0.15, -0.1) is 0 Å². The van der Waals surface area contributed by atoms with Crippen LogP contribution in [0.25, 0.3) is 5.65 Å². The Balaban J connectivity index is 1.16. The Bertz CT molecular complexity index is 1260. The topological polar surface area (TPSA) is 79.6 Å². The van der Waals surface area contributed by atoms with Crippen molar-refractivity contribution >= 4 is 17.5 Å². The molecule has 0 saturated heterocycles. The Hall–Kier alpha value is -3.22. The lowest BCUT2D eigenvalue weighted by Gasteiger charge is -2.56. The smallest absolute Gasteiger partial charge is 0.274 e. The van der Waals surface area contributed by atoms with E-state index in [1.54, 1.807) is 28.6 Å². The SMILES string of the molecule is CCc1ccc(CN(C)C(=O)c2cn3c(C(=O)NCC45CC6CC(CC(C6)C4)C5)cccc3n2)nc1. The molecule has 4 bridgehead atoms. The molecule has 7 nitrogen and oxygen atoms in total. The summed E-state index contributed by atoms with van der Waals surface area (Å²) in [6.07, 6.45) is 12.4. The number of pyridine rings is 2. The summed E-state index contributed by atoms with van der Waals surface area (Å²) in [5.74, 6) is 2.28. The van der Waals surface area contributed by atoms with Crippen LogP contribution < -0.4 is 5.32 Å². The normalized spacial score (nSPS) is 26.3. The van der Waals surface area contributed by atoms with Crippen LogP contribution in [0, 0.1) is 23.2 Å². The molecule has 0 aromatic carbocycles. The molecule has 7 rings (SSSR count). The molecular formula is C29H35N5O2. The second-order valence-electron chi connectivity index (χ2n) is 11.5. The van der Waals surface area contributed by atoms with Crippen molar-refractivity contribution < 1.29 is 9.59 Å². The minimum Gasteiger partial charge on any atom is -0.350 e. The lowest BCUT2D eigenvalue weighted by atomic mass is 9.49. The molecule has 4 fully saturated rings. The fourth-order valence-electron chi connectivity index (χ4n) is 7.43. The molecule has 0 radical (unpaired) electrons. The summed E-state index contributed by atoms with van der Waals surface area (Å²) in [5, 5.41) is 3.26. The van der Waals surface area contributed by atoms with Crippen LogP contribution in [0.1, 0.15) is 77.7 Å². The summed E-state index contributed by atoms with van der Waals surface area (Å²) in [5.41, 5.74) is 3.71. The third kappa shape index (κ3) is 4.29. The monoisotopic (exact) mass is 485 g/mol. The number of aromatic nitrogens is 3. The first-order valence-corrected chi connectivity index (χ1v) is 13.4. The number of carbonyl (C=O) groups excluding carboxylic acids is 2. The Morgan fingerprint density at radius 3 is 2.44 bits per heavy atom. The van der Waals surface area contributed by atoms with Crippen LogP contribution in [0.4, 0.5) is 0 Å². The minimum absolute atomic E-state index is 0.0960. The predicted octanol–water partition coefficient (Wildman–Crippen LogP) is 4.51. The molecule has 36 heavy (non-hydrogen) atoms. The van der Waals surface area contributed by atoms with Gasteiger partial charge in [-0.2, -0.15) is 0 Å².